The second-order valence-corrected chi connectivity index (χ2v) is 7.82. The van der Waals surface area contributed by atoms with Gasteiger partial charge >= 0.3 is 7.60 Å². The second-order valence-electron chi connectivity index (χ2n) is 6.33. The number of amides is 1. The molecule has 0 saturated heterocycles. The Morgan fingerprint density at radius 3 is 2.33 bits per heavy atom. The van der Waals surface area contributed by atoms with E-state index in [4.69, 9.17) is 5.73 Å². The molecule has 7 nitrogen and oxygen atoms in total. The zero-order chi connectivity index (χ0) is 19.8. The third-order valence-electron chi connectivity index (χ3n) is 4.51. The van der Waals surface area contributed by atoms with Crippen molar-refractivity contribution < 1.29 is 23.9 Å². The lowest BCUT2D eigenvalue weighted by atomic mass is 10.0. The molecule has 0 fully saturated rings. The van der Waals surface area contributed by atoms with Crippen LogP contribution in [-0.2, 0) is 22.3 Å². The predicted octanol–water partition coefficient (Wildman–Crippen LogP) is 2.34. The number of primary amides is 1. The lowest BCUT2D eigenvalue weighted by molar-refractivity contribution is -0.117. The van der Waals surface area contributed by atoms with Gasteiger partial charge in [0.1, 0.15) is 0 Å². The number of hydrogen-bond acceptors (Lipinski definition) is 3. The highest BCUT2D eigenvalue weighted by Gasteiger charge is 2.31. The molecule has 1 amide bonds. The lowest BCUT2D eigenvalue weighted by Gasteiger charge is -2.09. The Hall–Kier alpha value is -2.73. The van der Waals surface area contributed by atoms with Crippen LogP contribution in [0.1, 0.15) is 27.2 Å². The Balaban J connectivity index is 2.29. The summed E-state index contributed by atoms with van der Waals surface area (Å²) in [4.78, 5) is 42.6. The average Bonchev–Trinajstić information content (AvgIpc) is 2.86. The van der Waals surface area contributed by atoms with Gasteiger partial charge in [0.25, 0.3) is 5.52 Å². The maximum atomic E-state index is 12.3. The molecule has 0 atom stereocenters. The third kappa shape index (κ3) is 3.71. The van der Waals surface area contributed by atoms with E-state index in [1.807, 2.05) is 34.9 Å². The minimum atomic E-state index is -4.97. The lowest BCUT2D eigenvalue weighted by Crippen LogP contribution is -2.15. The van der Waals surface area contributed by atoms with E-state index >= 15 is 0 Å². The number of carbonyl (C=O) groups is 2. The van der Waals surface area contributed by atoms with Crippen LogP contribution >= 0.6 is 7.60 Å². The Kier molecular flexibility index (Phi) is 5.02. The van der Waals surface area contributed by atoms with Crippen LogP contribution in [0.15, 0.2) is 48.5 Å². The van der Waals surface area contributed by atoms with Gasteiger partial charge in [-0.25, -0.2) is 0 Å². The molecule has 0 aliphatic carbocycles. The zero-order valence-corrected chi connectivity index (χ0v) is 15.5. The highest BCUT2D eigenvalue weighted by Crippen LogP contribution is 2.42. The third-order valence-corrected chi connectivity index (χ3v) is 5.28. The Morgan fingerprint density at radius 1 is 1.07 bits per heavy atom. The molecule has 0 aliphatic heterocycles. The van der Waals surface area contributed by atoms with Crippen molar-refractivity contribution in [2.45, 2.75) is 19.9 Å². The first-order chi connectivity index (χ1) is 12.7. The molecule has 0 bridgehead atoms. The number of benzene rings is 2. The number of hydrogen-bond donors (Lipinski definition) is 3. The van der Waals surface area contributed by atoms with Crippen molar-refractivity contribution in [3.8, 4) is 0 Å². The molecular formula is C19H19N2O5P. The predicted molar refractivity (Wildman–Crippen MR) is 101 cm³/mol. The van der Waals surface area contributed by atoms with Gasteiger partial charge in [0.2, 0.25) is 5.91 Å². The quantitative estimate of drug-likeness (QED) is 0.561. The molecule has 0 unspecified atom stereocenters. The van der Waals surface area contributed by atoms with E-state index in [1.165, 1.54) is 6.07 Å². The smallest absolute Gasteiger partial charge is 0.369 e. The Bertz CT molecular complexity index is 1080. The second kappa shape index (κ2) is 7.12. The van der Waals surface area contributed by atoms with Crippen LogP contribution in [0.2, 0.25) is 0 Å². The van der Waals surface area contributed by atoms with E-state index in [1.54, 1.807) is 19.1 Å². The molecule has 0 radical (unpaired) electrons. The van der Waals surface area contributed by atoms with E-state index in [0.29, 0.717) is 23.0 Å². The van der Waals surface area contributed by atoms with E-state index in [9.17, 15) is 23.9 Å². The highest BCUT2D eigenvalue weighted by atomic mass is 31.2. The van der Waals surface area contributed by atoms with Gasteiger partial charge in [-0.15, -0.1) is 0 Å². The van der Waals surface area contributed by atoms with Crippen LogP contribution in [-0.4, -0.2) is 25.8 Å². The maximum Gasteiger partial charge on any atom is 0.396 e. The molecule has 1 heterocycles. The highest BCUT2D eigenvalue weighted by molar-refractivity contribution is 7.71. The Morgan fingerprint density at radius 2 is 1.74 bits per heavy atom. The summed E-state index contributed by atoms with van der Waals surface area (Å²) in [6.45, 7) is 2.28. The van der Waals surface area contributed by atoms with Crippen LogP contribution < -0.4 is 5.73 Å². The summed E-state index contributed by atoms with van der Waals surface area (Å²) >= 11 is 0. The molecule has 0 spiro atoms. The van der Waals surface area contributed by atoms with Crippen molar-refractivity contribution in [2.24, 2.45) is 5.73 Å². The maximum absolute atomic E-state index is 12.3. The summed E-state index contributed by atoms with van der Waals surface area (Å²) < 4.78 is 13.5. The normalized spacial score (nSPS) is 11.7. The molecule has 1 aromatic heterocycles. The molecule has 140 valence electrons. The molecule has 0 aliphatic rings. The first-order valence-corrected chi connectivity index (χ1v) is 9.84. The number of rotatable bonds is 6. The minimum Gasteiger partial charge on any atom is -0.369 e. The topological polar surface area (TPSA) is 123 Å². The molecule has 27 heavy (non-hydrogen) atoms. The molecule has 2 aromatic carbocycles. The van der Waals surface area contributed by atoms with Crippen molar-refractivity contribution in [3.63, 3.8) is 0 Å². The van der Waals surface area contributed by atoms with Gasteiger partial charge < -0.3 is 20.1 Å². The first kappa shape index (κ1) is 19.0. The van der Waals surface area contributed by atoms with Gasteiger partial charge in [-0.3, -0.25) is 14.2 Å². The molecule has 0 saturated carbocycles. The summed E-state index contributed by atoms with van der Waals surface area (Å²) in [5.41, 5.74) is 6.85. The van der Waals surface area contributed by atoms with Crippen LogP contribution in [0, 0.1) is 6.92 Å². The van der Waals surface area contributed by atoms with E-state index in [0.717, 1.165) is 11.3 Å². The molecular weight excluding hydrogens is 367 g/mol. The van der Waals surface area contributed by atoms with Gasteiger partial charge in [0, 0.05) is 28.7 Å². The Labute approximate surface area is 155 Å². The monoisotopic (exact) mass is 386 g/mol. The average molecular weight is 386 g/mol. The molecule has 3 rings (SSSR count). The zero-order valence-electron chi connectivity index (χ0n) is 14.6. The first-order valence-electron chi connectivity index (χ1n) is 8.23. The number of carbonyl (C=O) groups excluding carboxylic acids is 2. The van der Waals surface area contributed by atoms with Gasteiger partial charge in [0.15, 0.2) is 0 Å². The van der Waals surface area contributed by atoms with E-state index in [2.05, 4.69) is 0 Å². The van der Waals surface area contributed by atoms with E-state index in [-0.39, 0.29) is 12.0 Å². The number of fused-ring (bicyclic) bond motifs is 1. The summed E-state index contributed by atoms with van der Waals surface area (Å²) in [6, 6.07) is 14.3. The standard InChI is InChI=1S/C19H19N2O5P/c1-12-15(10-17(20)22)18-14(19(23)27(24,25)26)8-5-9-16(18)21(12)11-13-6-3-2-4-7-13/h2-9H,10-11H2,1H3,(H2,20,22)(H2,24,25,26). The fraction of sp³-hybridized carbons (Fsp3) is 0.158. The van der Waals surface area contributed by atoms with Crippen molar-refractivity contribution in [1.82, 2.24) is 4.57 Å². The van der Waals surface area contributed by atoms with Gasteiger partial charge in [-0.05, 0) is 30.2 Å². The summed E-state index contributed by atoms with van der Waals surface area (Å²) in [6.07, 6.45) is -0.129. The van der Waals surface area contributed by atoms with Crippen molar-refractivity contribution >= 4 is 29.9 Å². The summed E-state index contributed by atoms with van der Waals surface area (Å²) in [5.74, 6) is -0.588. The van der Waals surface area contributed by atoms with Gasteiger partial charge in [-0.2, -0.15) is 0 Å². The fourth-order valence-electron chi connectivity index (χ4n) is 3.30. The van der Waals surface area contributed by atoms with Crippen LogP contribution in [0.4, 0.5) is 0 Å². The fourth-order valence-corrected chi connectivity index (χ4v) is 3.80. The van der Waals surface area contributed by atoms with Crippen LogP contribution in [0.3, 0.4) is 0 Å². The van der Waals surface area contributed by atoms with Gasteiger partial charge in [0.05, 0.1) is 6.42 Å². The number of nitrogens with zero attached hydrogens (tertiary/aromatic N) is 1. The molecule has 3 aromatic rings. The molecule has 8 heteroatoms. The SMILES string of the molecule is Cc1c(CC(N)=O)c2c(C(=O)P(=O)(O)O)cccc2n1Cc1ccccc1. The minimum absolute atomic E-state index is 0.105. The van der Waals surface area contributed by atoms with Crippen LogP contribution in [0.5, 0.6) is 0 Å². The number of aromatic nitrogens is 1. The van der Waals surface area contributed by atoms with Crippen molar-refractivity contribution in [1.29, 1.82) is 0 Å². The summed E-state index contributed by atoms with van der Waals surface area (Å²) in [5, 5.41) is 0.359. The summed E-state index contributed by atoms with van der Waals surface area (Å²) in [7, 11) is -4.97. The van der Waals surface area contributed by atoms with E-state index < -0.39 is 19.0 Å². The van der Waals surface area contributed by atoms with Crippen LogP contribution in [0.25, 0.3) is 10.9 Å². The van der Waals surface area contributed by atoms with Gasteiger partial charge in [-0.1, -0.05) is 36.4 Å². The van der Waals surface area contributed by atoms with Crippen molar-refractivity contribution in [3.05, 3.63) is 70.9 Å². The molecule has 4 N–H and O–H groups in total. The van der Waals surface area contributed by atoms with Crippen molar-refractivity contribution in [2.75, 3.05) is 0 Å². The largest absolute Gasteiger partial charge is 0.396 e. The number of nitrogens with two attached hydrogens (primary N) is 1.